The van der Waals surface area contributed by atoms with Gasteiger partial charge >= 0.3 is 11.8 Å². The quantitative estimate of drug-likeness (QED) is 0.585. The summed E-state index contributed by atoms with van der Waals surface area (Å²) in [6.45, 7) is 0. The molecule has 12 heavy (non-hydrogen) atoms. The number of fused-ring (bicyclic) bond motifs is 1. The summed E-state index contributed by atoms with van der Waals surface area (Å²) in [5.41, 5.74) is 6.06. The number of nitrogen functional groups attached to an aromatic ring is 1. The molecule has 0 bridgehead atoms. The summed E-state index contributed by atoms with van der Waals surface area (Å²) >= 11 is 0. The molecule has 0 amide bonds. The standard InChI is InChI=1S/C6H7N5O/c1-12-5-3-4(9-2-8-3)10-6(7)11-5/h2,8H,1H3,(H2,7,10,11)/q+1. The molecule has 1 aliphatic heterocycles. The number of nitrogens with zero attached hydrogens (tertiary/aromatic N) is 3. The lowest BCUT2D eigenvalue weighted by atomic mass is 10.5. The molecule has 61 valence electrons. The first-order chi connectivity index (χ1) is 5.81. The highest BCUT2D eigenvalue weighted by Gasteiger charge is 2.24. The van der Waals surface area contributed by atoms with E-state index in [1.807, 2.05) is 0 Å². The van der Waals surface area contributed by atoms with Crippen molar-refractivity contribution in [3.63, 3.8) is 0 Å². The van der Waals surface area contributed by atoms with E-state index in [9.17, 15) is 0 Å². The Bertz CT molecular complexity index is 348. The van der Waals surface area contributed by atoms with Crippen molar-refractivity contribution in [3.05, 3.63) is 0 Å². The van der Waals surface area contributed by atoms with Crippen LogP contribution in [0.15, 0.2) is 0 Å². The number of nitrogens with one attached hydrogen (secondary N) is 1. The molecule has 2 rings (SSSR count). The SMILES string of the molecule is COc1nc(N)nc2c1NC=[N+]2. The molecule has 0 aromatic carbocycles. The minimum Gasteiger partial charge on any atom is -0.478 e. The van der Waals surface area contributed by atoms with Crippen LogP contribution < -0.4 is 20.8 Å². The van der Waals surface area contributed by atoms with Crippen molar-refractivity contribution >= 4 is 23.8 Å². The van der Waals surface area contributed by atoms with Gasteiger partial charge in [0, 0.05) is 0 Å². The first kappa shape index (κ1) is 6.84. The largest absolute Gasteiger partial charge is 0.478 e. The van der Waals surface area contributed by atoms with Crippen molar-refractivity contribution in [3.8, 4) is 5.88 Å². The maximum atomic E-state index is 5.40. The third-order valence-corrected chi connectivity index (χ3v) is 1.46. The predicted molar refractivity (Wildman–Crippen MR) is 44.5 cm³/mol. The lowest BCUT2D eigenvalue weighted by Gasteiger charge is -1.98. The Hall–Kier alpha value is -1.85. The molecule has 0 atom stereocenters. The van der Waals surface area contributed by atoms with Crippen LogP contribution in [0.4, 0.5) is 17.5 Å². The van der Waals surface area contributed by atoms with Crippen LogP contribution in [0.25, 0.3) is 0 Å². The second-order valence-electron chi connectivity index (χ2n) is 2.19. The number of hydrogen-bond donors (Lipinski definition) is 2. The van der Waals surface area contributed by atoms with Crippen molar-refractivity contribution in [2.24, 2.45) is 0 Å². The molecule has 1 aromatic heterocycles. The average molecular weight is 165 g/mol. The summed E-state index contributed by atoms with van der Waals surface area (Å²) in [6, 6.07) is 0. The van der Waals surface area contributed by atoms with Crippen molar-refractivity contribution in [2.45, 2.75) is 0 Å². The summed E-state index contributed by atoms with van der Waals surface area (Å²) in [7, 11) is 1.52. The van der Waals surface area contributed by atoms with Gasteiger partial charge in [0.25, 0.3) is 5.88 Å². The van der Waals surface area contributed by atoms with Crippen LogP contribution >= 0.6 is 0 Å². The maximum Gasteiger partial charge on any atom is 0.345 e. The minimum atomic E-state index is 0.159. The van der Waals surface area contributed by atoms with Gasteiger partial charge in [-0.1, -0.05) is 9.98 Å². The highest BCUT2D eigenvalue weighted by molar-refractivity contribution is 5.90. The van der Waals surface area contributed by atoms with E-state index in [0.717, 1.165) is 0 Å². The number of methoxy groups -OCH3 is 1. The van der Waals surface area contributed by atoms with Gasteiger partial charge in [0.05, 0.1) is 7.11 Å². The van der Waals surface area contributed by atoms with Gasteiger partial charge in [0.1, 0.15) is 0 Å². The Kier molecular flexibility index (Phi) is 1.33. The summed E-state index contributed by atoms with van der Waals surface area (Å²) in [6.07, 6.45) is 1.52. The van der Waals surface area contributed by atoms with Crippen LogP contribution in [0.3, 0.4) is 0 Å². The number of anilines is 2. The molecular weight excluding hydrogens is 158 g/mol. The first-order valence-corrected chi connectivity index (χ1v) is 3.32. The van der Waals surface area contributed by atoms with E-state index >= 15 is 0 Å². The third-order valence-electron chi connectivity index (χ3n) is 1.46. The van der Waals surface area contributed by atoms with Crippen LogP contribution in [-0.2, 0) is 0 Å². The second kappa shape index (κ2) is 2.33. The molecule has 6 nitrogen and oxygen atoms in total. The fourth-order valence-corrected chi connectivity index (χ4v) is 0.970. The number of hydrogen-bond acceptors (Lipinski definition) is 6. The molecule has 0 saturated carbocycles. The lowest BCUT2D eigenvalue weighted by molar-refractivity contribution is 0.400. The number of rotatable bonds is 1. The highest BCUT2D eigenvalue weighted by atomic mass is 16.5. The highest BCUT2D eigenvalue weighted by Crippen LogP contribution is 2.30. The van der Waals surface area contributed by atoms with Crippen LogP contribution in [0.2, 0.25) is 0 Å². The Labute approximate surface area is 68.5 Å². The molecular formula is C6H7N5O+. The molecule has 0 fully saturated rings. The molecule has 1 radical (unpaired) electrons. The van der Waals surface area contributed by atoms with Gasteiger partial charge in [0.15, 0.2) is 0 Å². The Morgan fingerprint density at radius 2 is 2.42 bits per heavy atom. The van der Waals surface area contributed by atoms with Crippen LogP contribution in [0.1, 0.15) is 0 Å². The van der Waals surface area contributed by atoms with E-state index < -0.39 is 0 Å². The Balaban J connectivity index is 2.59. The van der Waals surface area contributed by atoms with Crippen molar-refractivity contribution in [1.82, 2.24) is 15.0 Å². The fraction of sp³-hybridized carbons (Fsp3) is 0.167. The van der Waals surface area contributed by atoms with Crippen molar-refractivity contribution < 1.29 is 4.74 Å². The monoisotopic (exact) mass is 165 g/mol. The third kappa shape index (κ3) is 0.849. The molecule has 2 heterocycles. The predicted octanol–water partition coefficient (Wildman–Crippen LogP) is -0.512. The molecule has 6 heteroatoms. The summed E-state index contributed by atoms with van der Waals surface area (Å²) in [4.78, 5) is 11.7. The van der Waals surface area contributed by atoms with E-state index in [0.29, 0.717) is 17.4 Å². The zero-order chi connectivity index (χ0) is 8.55. The molecule has 0 aliphatic carbocycles. The van der Waals surface area contributed by atoms with Gasteiger partial charge in [-0.3, -0.25) is 5.32 Å². The van der Waals surface area contributed by atoms with Gasteiger partial charge in [-0.2, -0.15) is 4.98 Å². The Morgan fingerprint density at radius 3 is 3.17 bits per heavy atom. The zero-order valence-electron chi connectivity index (χ0n) is 6.40. The summed E-state index contributed by atoms with van der Waals surface area (Å²) < 4.78 is 4.96. The smallest absolute Gasteiger partial charge is 0.345 e. The lowest BCUT2D eigenvalue weighted by Crippen LogP contribution is -2.00. The maximum absolute atomic E-state index is 5.40. The summed E-state index contributed by atoms with van der Waals surface area (Å²) in [5, 5.41) is 2.85. The normalized spacial score (nSPS) is 12.4. The fourth-order valence-electron chi connectivity index (χ4n) is 0.970. The number of nitrogens with two attached hydrogens (primary N) is 1. The molecule has 1 aromatic rings. The van der Waals surface area contributed by atoms with E-state index in [-0.39, 0.29) is 5.95 Å². The first-order valence-electron chi connectivity index (χ1n) is 3.32. The molecule has 3 N–H and O–H groups in total. The van der Waals surface area contributed by atoms with E-state index in [1.54, 1.807) is 0 Å². The number of ether oxygens (including phenoxy) is 1. The van der Waals surface area contributed by atoms with E-state index in [1.165, 1.54) is 13.4 Å². The van der Waals surface area contributed by atoms with Gasteiger partial charge in [-0.15, -0.1) is 0 Å². The van der Waals surface area contributed by atoms with Gasteiger partial charge in [-0.05, 0) is 0 Å². The molecule has 0 unspecified atom stereocenters. The average Bonchev–Trinajstić information content (AvgIpc) is 2.50. The summed E-state index contributed by atoms with van der Waals surface area (Å²) in [5.74, 6) is 1.08. The molecule has 0 saturated heterocycles. The van der Waals surface area contributed by atoms with Crippen molar-refractivity contribution in [1.29, 1.82) is 0 Å². The number of aromatic nitrogens is 2. The van der Waals surface area contributed by atoms with Crippen LogP contribution in [-0.4, -0.2) is 23.4 Å². The molecule has 0 spiro atoms. The Morgan fingerprint density at radius 1 is 1.58 bits per heavy atom. The van der Waals surface area contributed by atoms with Crippen LogP contribution in [0.5, 0.6) is 5.88 Å². The second-order valence-corrected chi connectivity index (χ2v) is 2.19. The van der Waals surface area contributed by atoms with E-state index in [2.05, 4.69) is 20.3 Å². The zero-order valence-corrected chi connectivity index (χ0v) is 6.40. The van der Waals surface area contributed by atoms with Crippen LogP contribution in [0, 0.1) is 0 Å². The topological polar surface area (TPSA) is 87.2 Å². The minimum absolute atomic E-state index is 0.159. The molecule has 1 aliphatic rings. The number of aliphatic imine (C=N–C) groups is 1. The van der Waals surface area contributed by atoms with E-state index in [4.69, 9.17) is 10.5 Å². The van der Waals surface area contributed by atoms with Gasteiger partial charge < -0.3 is 10.5 Å². The van der Waals surface area contributed by atoms with Crippen molar-refractivity contribution in [2.75, 3.05) is 18.2 Å². The van der Waals surface area contributed by atoms with Gasteiger partial charge in [0.2, 0.25) is 12.0 Å². The van der Waals surface area contributed by atoms with Gasteiger partial charge in [-0.25, -0.2) is 0 Å².